The molecule has 0 unspecified atom stereocenters. The fourth-order valence-corrected chi connectivity index (χ4v) is 4.37. The predicted octanol–water partition coefficient (Wildman–Crippen LogP) is 2.80. The largest absolute Gasteiger partial charge is 0.391 e. The summed E-state index contributed by atoms with van der Waals surface area (Å²) in [4.78, 5) is 14.5. The number of benzene rings is 1. The molecule has 1 spiro atoms. The highest BCUT2D eigenvalue weighted by Crippen LogP contribution is 2.42. The number of β-amino-alcohol motifs (C(OH)–C–C–N with tert-alkyl or cyclic N) is 1. The molecule has 2 saturated heterocycles. The molecule has 0 radical (unpaired) electrons. The quantitative estimate of drug-likeness (QED) is 0.885. The van der Waals surface area contributed by atoms with Crippen LogP contribution in [-0.4, -0.2) is 53.4 Å². The molecule has 136 valence electrons. The molecule has 3 aliphatic rings. The van der Waals surface area contributed by atoms with Gasteiger partial charge in [0.1, 0.15) is 0 Å². The lowest BCUT2D eigenvalue weighted by Crippen LogP contribution is -2.49. The number of hydrogen-bond acceptors (Lipinski definition) is 4. The number of aliphatic hydroxyl groups is 1. The lowest BCUT2D eigenvalue weighted by molar-refractivity contribution is -0.130. The van der Waals surface area contributed by atoms with Crippen LogP contribution in [0.3, 0.4) is 0 Å². The highest BCUT2D eigenvalue weighted by atomic mass is 16.5. The van der Waals surface area contributed by atoms with E-state index in [1.54, 1.807) is 4.90 Å². The summed E-state index contributed by atoms with van der Waals surface area (Å²) in [7, 11) is 0. The van der Waals surface area contributed by atoms with E-state index in [0.717, 1.165) is 44.5 Å². The zero-order chi connectivity index (χ0) is 17.3. The number of anilines is 1. The van der Waals surface area contributed by atoms with Crippen LogP contribution in [0.5, 0.6) is 0 Å². The Morgan fingerprint density at radius 3 is 2.92 bits per heavy atom. The minimum absolute atomic E-state index is 0.0184. The number of aliphatic hydroxyl groups excluding tert-OH is 1. The van der Waals surface area contributed by atoms with E-state index in [2.05, 4.69) is 5.32 Å². The van der Waals surface area contributed by atoms with Crippen molar-refractivity contribution < 1.29 is 14.6 Å². The minimum atomic E-state index is -0.389. The van der Waals surface area contributed by atoms with Crippen LogP contribution in [0.1, 0.15) is 55.3 Å². The number of hydrogen-bond donors (Lipinski definition) is 2. The molecule has 2 heterocycles. The van der Waals surface area contributed by atoms with Gasteiger partial charge in [0.25, 0.3) is 5.91 Å². The Hall–Kier alpha value is -1.59. The van der Waals surface area contributed by atoms with Crippen molar-refractivity contribution >= 4 is 11.6 Å². The Morgan fingerprint density at radius 2 is 2.16 bits per heavy atom. The van der Waals surface area contributed by atoms with E-state index in [0.29, 0.717) is 18.2 Å². The number of amides is 1. The maximum absolute atomic E-state index is 12.7. The van der Waals surface area contributed by atoms with Crippen LogP contribution in [-0.2, 0) is 4.74 Å². The van der Waals surface area contributed by atoms with E-state index in [1.165, 1.54) is 19.3 Å². The molecule has 1 aliphatic carbocycles. The van der Waals surface area contributed by atoms with Gasteiger partial charge in [-0.3, -0.25) is 4.79 Å². The molecule has 2 aliphatic heterocycles. The predicted molar refractivity (Wildman–Crippen MR) is 96.8 cm³/mol. The lowest BCUT2D eigenvalue weighted by atomic mass is 9.74. The van der Waals surface area contributed by atoms with Crippen molar-refractivity contribution in [1.29, 1.82) is 0 Å². The van der Waals surface area contributed by atoms with Gasteiger partial charge >= 0.3 is 0 Å². The zero-order valence-corrected chi connectivity index (χ0v) is 14.7. The first-order valence-electron chi connectivity index (χ1n) is 9.61. The third-order valence-corrected chi connectivity index (χ3v) is 5.92. The number of nitrogens with one attached hydrogen (secondary N) is 1. The molecule has 2 atom stereocenters. The molecule has 0 aromatic heterocycles. The minimum Gasteiger partial charge on any atom is -0.391 e. The molecular formula is C20H28N2O3. The third-order valence-electron chi connectivity index (χ3n) is 5.92. The van der Waals surface area contributed by atoms with Gasteiger partial charge in [0.2, 0.25) is 0 Å². The highest BCUT2D eigenvalue weighted by molar-refractivity contribution is 5.95. The average Bonchev–Trinajstić information content (AvgIpc) is 2.60. The fourth-order valence-electron chi connectivity index (χ4n) is 4.37. The average molecular weight is 344 g/mol. The molecule has 5 nitrogen and oxygen atoms in total. The molecule has 5 heteroatoms. The molecule has 3 fully saturated rings. The van der Waals surface area contributed by atoms with Gasteiger partial charge in [-0.1, -0.05) is 6.07 Å². The summed E-state index contributed by atoms with van der Waals surface area (Å²) in [6.07, 6.45) is 6.98. The van der Waals surface area contributed by atoms with Gasteiger partial charge in [0.15, 0.2) is 0 Å². The molecular weight excluding hydrogens is 316 g/mol. The van der Waals surface area contributed by atoms with Crippen molar-refractivity contribution in [2.24, 2.45) is 0 Å². The first-order valence-corrected chi connectivity index (χ1v) is 9.61. The zero-order valence-electron chi connectivity index (χ0n) is 14.7. The number of carbonyl (C=O) groups is 1. The van der Waals surface area contributed by atoms with Crippen molar-refractivity contribution in [3.63, 3.8) is 0 Å². The number of carbonyl (C=O) groups excluding carboxylic acids is 1. The van der Waals surface area contributed by atoms with Crippen LogP contribution in [0.2, 0.25) is 0 Å². The van der Waals surface area contributed by atoms with Crippen LogP contribution in [0.25, 0.3) is 0 Å². The number of piperidine rings is 1. The van der Waals surface area contributed by atoms with E-state index in [4.69, 9.17) is 4.74 Å². The molecule has 1 amide bonds. The SMILES string of the molecule is O=C(c1cccc(N[C@H]2CCOC3(CCC3)C2)c1)N1CCC[C@@H](O)C1. The normalized spacial score (nSPS) is 28.4. The lowest BCUT2D eigenvalue weighted by Gasteiger charge is -2.47. The summed E-state index contributed by atoms with van der Waals surface area (Å²) >= 11 is 0. The first kappa shape index (κ1) is 16.9. The molecule has 4 rings (SSSR count). The first-order chi connectivity index (χ1) is 12.1. The van der Waals surface area contributed by atoms with Gasteiger partial charge in [-0.15, -0.1) is 0 Å². The van der Waals surface area contributed by atoms with Gasteiger partial charge in [-0.25, -0.2) is 0 Å². The summed E-state index contributed by atoms with van der Waals surface area (Å²) in [5.74, 6) is 0.0184. The summed E-state index contributed by atoms with van der Waals surface area (Å²) in [6.45, 7) is 2.00. The maximum atomic E-state index is 12.7. The Labute approximate surface area is 149 Å². The van der Waals surface area contributed by atoms with Crippen LogP contribution >= 0.6 is 0 Å². The van der Waals surface area contributed by atoms with Crippen molar-refractivity contribution in [3.8, 4) is 0 Å². The van der Waals surface area contributed by atoms with Crippen LogP contribution in [0.4, 0.5) is 5.69 Å². The van der Waals surface area contributed by atoms with Gasteiger partial charge in [-0.2, -0.15) is 0 Å². The van der Waals surface area contributed by atoms with Gasteiger partial charge in [0.05, 0.1) is 11.7 Å². The van der Waals surface area contributed by atoms with Crippen LogP contribution in [0, 0.1) is 0 Å². The summed E-state index contributed by atoms with van der Waals surface area (Å²) in [6, 6.07) is 8.20. The highest BCUT2D eigenvalue weighted by Gasteiger charge is 2.42. The second kappa shape index (κ2) is 6.96. The van der Waals surface area contributed by atoms with Crippen LogP contribution < -0.4 is 5.32 Å². The molecule has 25 heavy (non-hydrogen) atoms. The van der Waals surface area contributed by atoms with E-state index in [9.17, 15) is 9.90 Å². The molecule has 1 aromatic carbocycles. The summed E-state index contributed by atoms with van der Waals surface area (Å²) in [5, 5.41) is 13.4. The van der Waals surface area contributed by atoms with Crippen LogP contribution in [0.15, 0.2) is 24.3 Å². The van der Waals surface area contributed by atoms with E-state index in [1.807, 2.05) is 24.3 Å². The molecule has 2 N–H and O–H groups in total. The standard InChI is InChI=1S/C20H28N2O3/c23-18-6-2-10-22(14-18)19(24)15-4-1-5-16(12-15)21-17-7-11-25-20(13-17)8-3-9-20/h1,4-5,12,17-18,21,23H,2-3,6-11,13-14H2/t17-,18+/m0/s1. The van der Waals surface area contributed by atoms with Crippen molar-refractivity contribution in [2.45, 2.75) is 62.7 Å². The van der Waals surface area contributed by atoms with Crippen molar-refractivity contribution in [1.82, 2.24) is 4.90 Å². The smallest absolute Gasteiger partial charge is 0.254 e. The molecule has 0 bridgehead atoms. The Bertz CT molecular complexity index is 629. The second-order valence-electron chi connectivity index (χ2n) is 7.85. The van der Waals surface area contributed by atoms with Crippen molar-refractivity contribution in [3.05, 3.63) is 29.8 Å². The topological polar surface area (TPSA) is 61.8 Å². The second-order valence-corrected chi connectivity index (χ2v) is 7.85. The Kier molecular flexibility index (Phi) is 4.69. The van der Waals surface area contributed by atoms with Gasteiger partial charge in [-0.05, 0) is 63.1 Å². The van der Waals surface area contributed by atoms with Crippen molar-refractivity contribution in [2.75, 3.05) is 25.0 Å². The molecule has 1 saturated carbocycles. The Morgan fingerprint density at radius 1 is 1.28 bits per heavy atom. The third kappa shape index (κ3) is 3.67. The summed E-state index contributed by atoms with van der Waals surface area (Å²) in [5.41, 5.74) is 1.82. The van der Waals surface area contributed by atoms with E-state index < -0.39 is 0 Å². The molecule has 1 aromatic rings. The number of nitrogens with zero attached hydrogens (tertiary/aromatic N) is 1. The monoisotopic (exact) mass is 344 g/mol. The summed E-state index contributed by atoms with van der Waals surface area (Å²) < 4.78 is 6.00. The number of likely N-dealkylation sites (tertiary alicyclic amines) is 1. The van der Waals surface area contributed by atoms with Gasteiger partial charge in [0, 0.05) is 37.0 Å². The number of rotatable bonds is 3. The van der Waals surface area contributed by atoms with E-state index in [-0.39, 0.29) is 17.6 Å². The van der Waals surface area contributed by atoms with E-state index >= 15 is 0 Å². The Balaban J connectivity index is 1.41. The van der Waals surface area contributed by atoms with Gasteiger partial charge < -0.3 is 20.1 Å². The fraction of sp³-hybridized carbons (Fsp3) is 0.650. The maximum Gasteiger partial charge on any atom is 0.254 e. The number of ether oxygens (including phenoxy) is 1.